The molecule has 0 N–H and O–H groups in total. The van der Waals surface area contributed by atoms with E-state index >= 15 is 0 Å². The molecule has 0 aromatic heterocycles. The number of benzene rings is 2. The van der Waals surface area contributed by atoms with Gasteiger partial charge in [-0.25, -0.2) is 0 Å². The van der Waals surface area contributed by atoms with Gasteiger partial charge in [-0.1, -0.05) is 24.3 Å². The van der Waals surface area contributed by atoms with Crippen LogP contribution in [0.5, 0.6) is 11.5 Å². The summed E-state index contributed by atoms with van der Waals surface area (Å²) in [6.07, 6.45) is 0.180. The molecule has 1 heterocycles. The average Bonchev–Trinajstić information content (AvgIpc) is 2.97. The highest BCUT2D eigenvalue weighted by Crippen LogP contribution is 2.37. The number of nitrogens with zero attached hydrogens (tertiary/aromatic N) is 1. The summed E-state index contributed by atoms with van der Waals surface area (Å²) in [5.41, 5.74) is 2.80. The maximum Gasteiger partial charge on any atom is 0.254 e. The predicted octanol–water partition coefficient (Wildman–Crippen LogP) is 3.06. The van der Waals surface area contributed by atoms with Gasteiger partial charge in [0.05, 0.1) is 26.8 Å². The molecule has 0 saturated carbocycles. The quantitative estimate of drug-likeness (QED) is 0.668. The molecule has 0 radical (unpaired) electrons. The number of rotatable bonds is 8. The van der Waals surface area contributed by atoms with Gasteiger partial charge in [-0.2, -0.15) is 0 Å². The first-order valence-electron chi connectivity index (χ1n) is 8.79. The van der Waals surface area contributed by atoms with Crippen LogP contribution in [-0.2, 0) is 15.9 Å². The lowest BCUT2D eigenvalue weighted by Gasteiger charge is -2.28. The molecule has 0 saturated heterocycles. The fourth-order valence-corrected chi connectivity index (χ4v) is 3.51. The molecule has 6 heteroatoms. The van der Waals surface area contributed by atoms with Crippen molar-refractivity contribution in [1.29, 1.82) is 0 Å². The number of carbonyl (C=O) groups is 1. The van der Waals surface area contributed by atoms with E-state index in [1.54, 1.807) is 28.4 Å². The van der Waals surface area contributed by atoms with Crippen molar-refractivity contribution in [2.24, 2.45) is 0 Å². The Morgan fingerprint density at radius 1 is 0.963 bits per heavy atom. The van der Waals surface area contributed by atoms with Crippen LogP contribution in [0.1, 0.15) is 27.5 Å². The number of methoxy groups -OCH3 is 4. The average molecular weight is 371 g/mol. The zero-order valence-corrected chi connectivity index (χ0v) is 16.1. The van der Waals surface area contributed by atoms with Crippen LogP contribution in [0.15, 0.2) is 42.5 Å². The van der Waals surface area contributed by atoms with E-state index in [2.05, 4.69) is 0 Å². The van der Waals surface area contributed by atoms with Crippen LogP contribution in [0.3, 0.4) is 0 Å². The van der Waals surface area contributed by atoms with E-state index in [1.165, 1.54) is 0 Å². The summed E-state index contributed by atoms with van der Waals surface area (Å²) >= 11 is 0. The van der Waals surface area contributed by atoms with Gasteiger partial charge in [0.2, 0.25) is 0 Å². The number of amides is 1. The van der Waals surface area contributed by atoms with Gasteiger partial charge in [-0.3, -0.25) is 4.79 Å². The Morgan fingerprint density at radius 2 is 1.67 bits per heavy atom. The highest BCUT2D eigenvalue weighted by molar-refractivity contribution is 5.99. The second-order valence-electron chi connectivity index (χ2n) is 6.35. The lowest BCUT2D eigenvalue weighted by Crippen LogP contribution is -2.37. The van der Waals surface area contributed by atoms with Crippen LogP contribution >= 0.6 is 0 Å². The van der Waals surface area contributed by atoms with Gasteiger partial charge in [0.1, 0.15) is 0 Å². The third-order valence-corrected chi connectivity index (χ3v) is 4.94. The molecule has 1 aliphatic heterocycles. The molecule has 0 spiro atoms. The number of carbonyl (C=O) groups excluding carboxylic acids is 1. The molecule has 3 rings (SSSR count). The Kier molecular flexibility index (Phi) is 5.98. The SMILES string of the molecule is COc1ccc(CC2c3ccccc3C(=O)N2CC(OC)OC)cc1OC. The van der Waals surface area contributed by atoms with Crippen LogP contribution in [0, 0.1) is 0 Å². The maximum atomic E-state index is 13.0. The second-order valence-corrected chi connectivity index (χ2v) is 6.35. The lowest BCUT2D eigenvalue weighted by molar-refractivity contribution is -0.114. The Balaban J connectivity index is 1.93. The molecule has 0 aliphatic carbocycles. The Morgan fingerprint density at radius 3 is 2.33 bits per heavy atom. The molecule has 27 heavy (non-hydrogen) atoms. The normalized spacial score (nSPS) is 16.0. The molecule has 1 amide bonds. The van der Waals surface area contributed by atoms with Crippen LogP contribution < -0.4 is 9.47 Å². The standard InChI is InChI=1S/C21H25NO5/c1-24-18-10-9-14(12-19(18)25-2)11-17-15-7-5-6-8-16(15)21(23)22(17)13-20(26-3)27-4/h5-10,12,17,20H,11,13H2,1-4H3. The van der Waals surface area contributed by atoms with Crippen molar-refractivity contribution in [3.8, 4) is 11.5 Å². The molecule has 1 aliphatic rings. The van der Waals surface area contributed by atoms with Gasteiger partial charge in [0.25, 0.3) is 5.91 Å². The summed E-state index contributed by atoms with van der Waals surface area (Å²) in [5, 5.41) is 0. The van der Waals surface area contributed by atoms with E-state index in [4.69, 9.17) is 18.9 Å². The Labute approximate surface area is 159 Å². The predicted molar refractivity (Wildman–Crippen MR) is 101 cm³/mol. The van der Waals surface area contributed by atoms with Crippen LogP contribution in [0.2, 0.25) is 0 Å². The zero-order valence-electron chi connectivity index (χ0n) is 16.1. The highest BCUT2D eigenvalue weighted by atomic mass is 16.7. The fourth-order valence-electron chi connectivity index (χ4n) is 3.51. The molecular weight excluding hydrogens is 346 g/mol. The van der Waals surface area contributed by atoms with Gasteiger partial charge in [0, 0.05) is 19.8 Å². The van der Waals surface area contributed by atoms with E-state index in [9.17, 15) is 4.79 Å². The minimum absolute atomic E-state index is 0.00447. The first-order chi connectivity index (χ1) is 13.1. The summed E-state index contributed by atoms with van der Waals surface area (Å²) in [7, 11) is 6.38. The summed E-state index contributed by atoms with van der Waals surface area (Å²) in [4.78, 5) is 14.8. The van der Waals surface area contributed by atoms with Gasteiger partial charge in [-0.15, -0.1) is 0 Å². The monoisotopic (exact) mass is 371 g/mol. The number of fused-ring (bicyclic) bond motifs is 1. The minimum Gasteiger partial charge on any atom is -0.493 e. The van der Waals surface area contributed by atoms with Crippen LogP contribution in [0.4, 0.5) is 0 Å². The minimum atomic E-state index is -0.476. The maximum absolute atomic E-state index is 13.0. The van der Waals surface area contributed by atoms with Crippen LogP contribution in [-0.4, -0.2) is 52.1 Å². The molecule has 0 bridgehead atoms. The topological polar surface area (TPSA) is 57.2 Å². The van der Waals surface area contributed by atoms with Crippen molar-refractivity contribution in [2.75, 3.05) is 35.0 Å². The second kappa shape index (κ2) is 8.41. The largest absolute Gasteiger partial charge is 0.493 e. The van der Waals surface area contributed by atoms with Gasteiger partial charge in [0.15, 0.2) is 17.8 Å². The van der Waals surface area contributed by atoms with E-state index in [0.29, 0.717) is 24.5 Å². The first-order valence-corrected chi connectivity index (χ1v) is 8.79. The molecule has 144 valence electrons. The van der Waals surface area contributed by atoms with Crippen molar-refractivity contribution in [3.63, 3.8) is 0 Å². The van der Waals surface area contributed by atoms with E-state index in [0.717, 1.165) is 16.7 Å². The summed E-state index contributed by atoms with van der Waals surface area (Å²) in [5.74, 6) is 1.35. The van der Waals surface area contributed by atoms with Crippen molar-refractivity contribution in [3.05, 3.63) is 59.2 Å². The van der Waals surface area contributed by atoms with Crippen LogP contribution in [0.25, 0.3) is 0 Å². The molecule has 1 atom stereocenters. The van der Waals surface area contributed by atoms with Crippen molar-refractivity contribution in [2.45, 2.75) is 18.8 Å². The summed E-state index contributed by atoms with van der Waals surface area (Å²) < 4.78 is 21.4. The molecule has 2 aromatic carbocycles. The molecular formula is C21H25NO5. The third-order valence-electron chi connectivity index (χ3n) is 4.94. The smallest absolute Gasteiger partial charge is 0.254 e. The fraction of sp³-hybridized carbons (Fsp3) is 0.381. The molecule has 0 fully saturated rings. The summed E-state index contributed by atoms with van der Waals surface area (Å²) in [6.45, 7) is 0.360. The van der Waals surface area contributed by atoms with Gasteiger partial charge < -0.3 is 23.8 Å². The van der Waals surface area contributed by atoms with Crippen molar-refractivity contribution >= 4 is 5.91 Å². The van der Waals surface area contributed by atoms with E-state index in [-0.39, 0.29) is 11.9 Å². The first kappa shape index (κ1) is 19.2. The highest BCUT2D eigenvalue weighted by Gasteiger charge is 2.37. The number of ether oxygens (including phenoxy) is 4. The Hall–Kier alpha value is -2.57. The number of hydrogen-bond acceptors (Lipinski definition) is 5. The molecule has 6 nitrogen and oxygen atoms in total. The van der Waals surface area contributed by atoms with Gasteiger partial charge in [-0.05, 0) is 35.7 Å². The lowest BCUT2D eigenvalue weighted by atomic mass is 9.98. The molecule has 1 unspecified atom stereocenters. The number of hydrogen-bond donors (Lipinski definition) is 0. The van der Waals surface area contributed by atoms with Crippen molar-refractivity contribution in [1.82, 2.24) is 4.90 Å². The van der Waals surface area contributed by atoms with Crippen molar-refractivity contribution < 1.29 is 23.7 Å². The summed E-state index contributed by atoms with van der Waals surface area (Å²) in [6, 6.07) is 13.5. The zero-order chi connectivity index (χ0) is 19.4. The van der Waals surface area contributed by atoms with E-state index < -0.39 is 6.29 Å². The van der Waals surface area contributed by atoms with Gasteiger partial charge >= 0.3 is 0 Å². The molecule has 2 aromatic rings. The third kappa shape index (κ3) is 3.77. The van der Waals surface area contributed by atoms with E-state index in [1.807, 2.05) is 47.4 Å². The Bertz CT molecular complexity index is 803.